The second kappa shape index (κ2) is 7.74. The number of nitrogens with one attached hydrogen (secondary N) is 2. The topological polar surface area (TPSA) is 90.9 Å². The van der Waals surface area contributed by atoms with Gasteiger partial charge in [-0.25, -0.2) is 9.37 Å². The van der Waals surface area contributed by atoms with Gasteiger partial charge in [0.05, 0.1) is 18.8 Å². The Bertz CT molecular complexity index is 744. The fourth-order valence-electron chi connectivity index (χ4n) is 2.65. The summed E-state index contributed by atoms with van der Waals surface area (Å²) in [5.41, 5.74) is 8.40. The molecule has 3 heterocycles. The van der Waals surface area contributed by atoms with Crippen LogP contribution in [0.25, 0.3) is 0 Å². The molecule has 0 aliphatic carbocycles. The molecular weight excluding hydrogens is 319 g/mol. The van der Waals surface area contributed by atoms with Crippen LogP contribution in [0.5, 0.6) is 0 Å². The highest BCUT2D eigenvalue weighted by Gasteiger charge is 2.22. The maximum absolute atomic E-state index is 13.3. The molecule has 4 N–H and O–H groups in total. The van der Waals surface area contributed by atoms with Gasteiger partial charge in [0.2, 0.25) is 0 Å². The van der Waals surface area contributed by atoms with Crippen molar-refractivity contribution in [3.8, 4) is 0 Å². The molecule has 2 aromatic rings. The first-order valence-electron chi connectivity index (χ1n) is 8.16. The lowest BCUT2D eigenvalue weighted by Crippen LogP contribution is -2.21. The maximum Gasteiger partial charge on any atom is 0.128 e. The minimum absolute atomic E-state index is 0.290. The zero-order valence-corrected chi connectivity index (χ0v) is 13.8. The highest BCUT2D eigenvalue weighted by atomic mass is 19.1. The third kappa shape index (κ3) is 4.53. The molecule has 0 saturated carbocycles. The maximum atomic E-state index is 13.3. The van der Waals surface area contributed by atoms with Crippen LogP contribution in [0.3, 0.4) is 0 Å². The molecule has 1 aliphatic rings. The predicted octanol–water partition coefficient (Wildman–Crippen LogP) is 2.35. The molecule has 0 bridgehead atoms. The van der Waals surface area contributed by atoms with Crippen LogP contribution in [0.4, 0.5) is 15.9 Å². The second-order valence-electron chi connectivity index (χ2n) is 5.96. The highest BCUT2D eigenvalue weighted by Crippen LogP contribution is 2.20. The van der Waals surface area contributed by atoms with Gasteiger partial charge in [-0.2, -0.15) is 0 Å². The predicted molar refractivity (Wildman–Crippen MR) is 97.8 cm³/mol. The number of anilines is 2. The molecular formula is C18H21FN6. The molecule has 2 aromatic heterocycles. The summed E-state index contributed by atoms with van der Waals surface area (Å²) in [7, 11) is 0. The van der Waals surface area contributed by atoms with E-state index in [9.17, 15) is 4.39 Å². The van der Waals surface area contributed by atoms with Crippen molar-refractivity contribution in [2.24, 2.45) is 5.73 Å². The molecule has 7 heteroatoms. The van der Waals surface area contributed by atoms with Crippen LogP contribution in [0.15, 0.2) is 54.6 Å². The van der Waals surface area contributed by atoms with E-state index in [4.69, 9.17) is 11.1 Å². The van der Waals surface area contributed by atoms with E-state index < -0.39 is 6.17 Å². The number of hydrogen-bond acceptors (Lipinski definition) is 6. The molecule has 0 radical (unpaired) electrons. The molecule has 1 fully saturated rings. The second-order valence-corrected chi connectivity index (χ2v) is 5.96. The first-order valence-corrected chi connectivity index (χ1v) is 8.16. The Labute approximate surface area is 146 Å². The van der Waals surface area contributed by atoms with Gasteiger partial charge in [-0.3, -0.25) is 4.98 Å². The number of aromatic nitrogens is 2. The van der Waals surface area contributed by atoms with E-state index in [2.05, 4.69) is 15.3 Å². The molecule has 0 spiro atoms. The number of hydrogen-bond donors (Lipinski definition) is 3. The van der Waals surface area contributed by atoms with Gasteiger partial charge in [-0.15, -0.1) is 0 Å². The summed E-state index contributed by atoms with van der Waals surface area (Å²) < 4.78 is 13.3. The minimum Gasteiger partial charge on any atom is -0.401 e. The van der Waals surface area contributed by atoms with E-state index in [-0.39, 0.29) is 5.71 Å². The Morgan fingerprint density at radius 3 is 2.80 bits per heavy atom. The zero-order chi connectivity index (χ0) is 17.6. The molecule has 1 atom stereocenters. The van der Waals surface area contributed by atoms with Crippen LogP contribution in [-0.2, 0) is 0 Å². The number of halogens is 1. The van der Waals surface area contributed by atoms with Crippen LogP contribution in [-0.4, -0.2) is 41.5 Å². The van der Waals surface area contributed by atoms with Gasteiger partial charge in [-0.05, 0) is 36.8 Å². The van der Waals surface area contributed by atoms with E-state index in [0.717, 1.165) is 11.5 Å². The number of pyridine rings is 2. The minimum atomic E-state index is -0.782. The summed E-state index contributed by atoms with van der Waals surface area (Å²) in [4.78, 5) is 10.2. The summed E-state index contributed by atoms with van der Waals surface area (Å²) in [5.74, 6) is 0.744. The third-order valence-electron chi connectivity index (χ3n) is 4.02. The number of rotatable bonds is 6. The van der Waals surface area contributed by atoms with E-state index >= 15 is 0 Å². The number of nitrogens with zero attached hydrogens (tertiary/aromatic N) is 3. The summed E-state index contributed by atoms with van der Waals surface area (Å²) >= 11 is 0. The summed E-state index contributed by atoms with van der Waals surface area (Å²) in [6.07, 6.45) is 6.40. The zero-order valence-electron chi connectivity index (χ0n) is 13.8. The van der Waals surface area contributed by atoms with Gasteiger partial charge in [0.25, 0.3) is 0 Å². The lowest BCUT2D eigenvalue weighted by atomic mass is 10.1. The first-order chi connectivity index (χ1) is 12.1. The first kappa shape index (κ1) is 16.9. The quantitative estimate of drug-likeness (QED) is 0.702. The Kier molecular flexibility index (Phi) is 5.23. The molecule has 25 heavy (non-hydrogen) atoms. The monoisotopic (exact) mass is 340 g/mol. The third-order valence-corrected chi connectivity index (χ3v) is 4.02. The fourth-order valence-corrected chi connectivity index (χ4v) is 2.65. The normalized spacial score (nSPS) is 17.6. The largest absolute Gasteiger partial charge is 0.401 e. The highest BCUT2D eigenvalue weighted by molar-refractivity contribution is 6.06. The van der Waals surface area contributed by atoms with Crippen LogP contribution in [0.2, 0.25) is 0 Å². The molecule has 1 aliphatic heterocycles. The lowest BCUT2D eigenvalue weighted by molar-refractivity contribution is 0.364. The number of alkyl halides is 1. The SMILES string of the molecule is N=C(C=C(N)CNc1ccncc1)c1ccc(N2CC[C@H](F)C2)nc1. The van der Waals surface area contributed by atoms with E-state index in [0.29, 0.717) is 37.3 Å². The van der Waals surface area contributed by atoms with Crippen molar-refractivity contribution >= 4 is 17.2 Å². The van der Waals surface area contributed by atoms with Crippen LogP contribution >= 0.6 is 0 Å². The lowest BCUT2D eigenvalue weighted by Gasteiger charge is -2.16. The van der Waals surface area contributed by atoms with Gasteiger partial charge < -0.3 is 21.4 Å². The van der Waals surface area contributed by atoms with Crippen molar-refractivity contribution < 1.29 is 4.39 Å². The van der Waals surface area contributed by atoms with Crippen molar-refractivity contribution in [2.45, 2.75) is 12.6 Å². The van der Waals surface area contributed by atoms with Crippen molar-refractivity contribution in [3.05, 3.63) is 60.2 Å². The van der Waals surface area contributed by atoms with E-state index in [1.807, 2.05) is 29.2 Å². The van der Waals surface area contributed by atoms with Gasteiger partial charge >= 0.3 is 0 Å². The van der Waals surface area contributed by atoms with Gasteiger partial charge in [-0.1, -0.05) is 0 Å². The summed E-state index contributed by atoms with van der Waals surface area (Å²) in [6, 6.07) is 7.33. The average Bonchev–Trinajstić information content (AvgIpc) is 3.07. The summed E-state index contributed by atoms with van der Waals surface area (Å²) in [5, 5.41) is 11.3. The van der Waals surface area contributed by atoms with Gasteiger partial charge in [0, 0.05) is 42.1 Å². The molecule has 130 valence electrons. The Morgan fingerprint density at radius 2 is 2.16 bits per heavy atom. The van der Waals surface area contributed by atoms with E-state index in [1.54, 1.807) is 24.7 Å². The number of nitrogens with two attached hydrogens (primary N) is 1. The average molecular weight is 340 g/mol. The van der Waals surface area contributed by atoms with Crippen molar-refractivity contribution in [3.63, 3.8) is 0 Å². The fraction of sp³-hybridized carbons (Fsp3) is 0.278. The Morgan fingerprint density at radius 1 is 1.36 bits per heavy atom. The van der Waals surface area contributed by atoms with Crippen LogP contribution < -0.4 is 16.0 Å². The molecule has 0 unspecified atom stereocenters. The Balaban J connectivity index is 1.58. The Hall–Kier alpha value is -2.96. The van der Waals surface area contributed by atoms with Crippen LogP contribution in [0.1, 0.15) is 12.0 Å². The van der Waals surface area contributed by atoms with Gasteiger partial charge in [0.1, 0.15) is 12.0 Å². The molecule has 0 aromatic carbocycles. The van der Waals surface area contributed by atoms with Crippen LogP contribution in [0, 0.1) is 5.41 Å². The van der Waals surface area contributed by atoms with Gasteiger partial charge in [0.15, 0.2) is 0 Å². The molecule has 3 rings (SSSR count). The standard InChI is InChI=1S/C18H21FN6/c19-14-5-8-25(12-14)18-2-1-13(10-24-18)17(21)9-15(20)11-23-16-3-6-22-7-4-16/h1-4,6-7,9-10,14,21H,5,8,11-12,20H2,(H,22,23)/t14-/m0/s1. The van der Waals surface area contributed by atoms with Crippen molar-refractivity contribution in [1.82, 2.24) is 9.97 Å². The number of allylic oxidation sites excluding steroid dienone is 1. The molecule has 1 saturated heterocycles. The smallest absolute Gasteiger partial charge is 0.128 e. The van der Waals surface area contributed by atoms with E-state index in [1.165, 1.54) is 0 Å². The van der Waals surface area contributed by atoms with Crippen molar-refractivity contribution in [2.75, 3.05) is 29.9 Å². The van der Waals surface area contributed by atoms with Crippen molar-refractivity contribution in [1.29, 1.82) is 5.41 Å². The molecule has 0 amide bonds. The molecule has 6 nitrogen and oxygen atoms in total. The summed E-state index contributed by atoms with van der Waals surface area (Å²) in [6.45, 7) is 1.50.